The van der Waals surface area contributed by atoms with E-state index in [9.17, 15) is 18.0 Å². The lowest BCUT2D eigenvalue weighted by Crippen LogP contribution is -2.25. The SMILES string of the molecule is Cc1cc(CN(Cc2cc(C)c(C)cc2-c2nc(C(C)C)ccc2C)c2ncc(OCCCC(=O)O)cn2)cc(C(F)(F)F)c1. The summed E-state index contributed by atoms with van der Waals surface area (Å²) >= 11 is 0. The number of pyridine rings is 1. The number of hydrogen-bond acceptors (Lipinski definition) is 6. The number of benzene rings is 2. The first kappa shape index (κ1) is 33.4. The van der Waals surface area contributed by atoms with Crippen LogP contribution in [0.5, 0.6) is 5.75 Å². The van der Waals surface area contributed by atoms with Gasteiger partial charge in [0.1, 0.15) is 0 Å². The number of anilines is 1. The van der Waals surface area contributed by atoms with Gasteiger partial charge in [0.05, 0.1) is 30.3 Å². The zero-order chi connectivity index (χ0) is 32.9. The van der Waals surface area contributed by atoms with E-state index in [0.717, 1.165) is 45.3 Å². The van der Waals surface area contributed by atoms with Crippen molar-refractivity contribution in [1.29, 1.82) is 0 Å². The van der Waals surface area contributed by atoms with Crippen molar-refractivity contribution in [3.8, 4) is 17.0 Å². The quantitative estimate of drug-likeness (QED) is 0.159. The van der Waals surface area contributed by atoms with Gasteiger partial charge in [0.25, 0.3) is 0 Å². The number of carboxylic acids is 1. The molecule has 4 rings (SSSR count). The van der Waals surface area contributed by atoms with Gasteiger partial charge < -0.3 is 14.7 Å². The van der Waals surface area contributed by atoms with Gasteiger partial charge in [-0.15, -0.1) is 0 Å². The zero-order valence-electron chi connectivity index (χ0n) is 26.5. The van der Waals surface area contributed by atoms with Crippen LogP contribution in [0.3, 0.4) is 0 Å². The molecule has 0 fully saturated rings. The van der Waals surface area contributed by atoms with Gasteiger partial charge in [-0.05, 0) is 92.1 Å². The Kier molecular flexibility index (Phi) is 10.5. The van der Waals surface area contributed by atoms with Gasteiger partial charge in [-0.2, -0.15) is 13.2 Å². The van der Waals surface area contributed by atoms with Crippen LogP contribution in [0.25, 0.3) is 11.3 Å². The number of aromatic nitrogens is 3. The van der Waals surface area contributed by atoms with Gasteiger partial charge in [0.15, 0.2) is 5.75 Å². The van der Waals surface area contributed by atoms with E-state index >= 15 is 0 Å². The number of alkyl halides is 3. The van der Waals surface area contributed by atoms with Crippen molar-refractivity contribution in [1.82, 2.24) is 15.0 Å². The maximum Gasteiger partial charge on any atom is 0.416 e. The van der Waals surface area contributed by atoms with Crippen molar-refractivity contribution in [2.24, 2.45) is 0 Å². The first-order valence-corrected chi connectivity index (χ1v) is 14.9. The van der Waals surface area contributed by atoms with Gasteiger partial charge >= 0.3 is 12.1 Å². The molecule has 0 aliphatic rings. The number of carboxylic acid groups (broad SMARTS) is 1. The van der Waals surface area contributed by atoms with Crippen LogP contribution in [0.15, 0.2) is 54.9 Å². The van der Waals surface area contributed by atoms with Gasteiger partial charge in [-0.25, -0.2) is 9.97 Å². The normalized spacial score (nSPS) is 11.6. The highest BCUT2D eigenvalue weighted by Crippen LogP contribution is 2.33. The number of aryl methyl sites for hydroxylation is 4. The maximum atomic E-state index is 13.7. The predicted molar refractivity (Wildman–Crippen MR) is 168 cm³/mol. The maximum absolute atomic E-state index is 13.7. The minimum Gasteiger partial charge on any atom is -0.490 e. The van der Waals surface area contributed by atoms with Crippen LogP contribution >= 0.6 is 0 Å². The molecule has 0 amide bonds. The summed E-state index contributed by atoms with van der Waals surface area (Å²) in [4.78, 5) is 26.7. The van der Waals surface area contributed by atoms with E-state index < -0.39 is 17.7 Å². The molecule has 0 unspecified atom stereocenters. The Balaban J connectivity index is 1.76. The third kappa shape index (κ3) is 8.80. The molecule has 0 aliphatic heterocycles. The fourth-order valence-electron chi connectivity index (χ4n) is 5.07. The number of carbonyl (C=O) groups is 1. The van der Waals surface area contributed by atoms with E-state index in [0.29, 0.717) is 35.8 Å². The fraction of sp³-hybridized carbons (Fsp3) is 0.371. The summed E-state index contributed by atoms with van der Waals surface area (Å²) in [6.07, 6.45) is -1.18. The van der Waals surface area contributed by atoms with Gasteiger partial charge in [-0.3, -0.25) is 9.78 Å². The van der Waals surface area contributed by atoms with Crippen LogP contribution in [-0.2, 0) is 24.1 Å². The second kappa shape index (κ2) is 14.1. The minimum absolute atomic E-state index is 0.0180. The third-order valence-corrected chi connectivity index (χ3v) is 7.58. The van der Waals surface area contributed by atoms with E-state index in [1.54, 1.807) is 13.0 Å². The number of nitrogens with zero attached hydrogens (tertiary/aromatic N) is 4. The van der Waals surface area contributed by atoms with Crippen LogP contribution in [0.1, 0.15) is 77.2 Å². The average molecular weight is 621 g/mol. The number of rotatable bonds is 12. The molecule has 10 heteroatoms. The summed E-state index contributed by atoms with van der Waals surface area (Å²) in [6.45, 7) is 12.5. The molecule has 4 aromatic rings. The summed E-state index contributed by atoms with van der Waals surface area (Å²) < 4.78 is 46.8. The molecule has 1 N–H and O–H groups in total. The average Bonchev–Trinajstić information content (AvgIpc) is 2.96. The smallest absolute Gasteiger partial charge is 0.416 e. The number of hydrogen-bond donors (Lipinski definition) is 1. The molecule has 238 valence electrons. The van der Waals surface area contributed by atoms with Crippen molar-refractivity contribution in [2.75, 3.05) is 11.5 Å². The third-order valence-electron chi connectivity index (χ3n) is 7.58. The molecule has 2 aromatic heterocycles. The fourth-order valence-corrected chi connectivity index (χ4v) is 5.07. The van der Waals surface area contributed by atoms with E-state index in [-0.39, 0.29) is 25.5 Å². The summed E-state index contributed by atoms with van der Waals surface area (Å²) in [7, 11) is 0. The van der Waals surface area contributed by atoms with E-state index in [4.69, 9.17) is 14.8 Å². The number of halogens is 3. The highest BCUT2D eigenvalue weighted by molar-refractivity contribution is 5.69. The molecule has 7 nitrogen and oxygen atoms in total. The summed E-state index contributed by atoms with van der Waals surface area (Å²) in [6, 6.07) is 12.4. The standard InChI is InChI=1S/C35H39F3N4O3/c1-21(2)31-10-9-23(4)33(41-31)30-15-25(6)24(5)14-27(30)20-42(19-26-12-22(3)13-28(16-26)35(36,37)38)34-39-17-29(18-40-34)45-11-7-8-32(43)44/h9-10,12-18,21H,7-8,11,19-20H2,1-6H3,(H,43,44). The van der Waals surface area contributed by atoms with Crippen LogP contribution in [-0.4, -0.2) is 32.6 Å². The topological polar surface area (TPSA) is 88.4 Å². The van der Waals surface area contributed by atoms with Crippen LogP contribution in [0, 0.1) is 27.7 Å². The highest BCUT2D eigenvalue weighted by Gasteiger charge is 2.31. The lowest BCUT2D eigenvalue weighted by Gasteiger charge is -2.26. The molecule has 0 atom stereocenters. The second-order valence-corrected chi connectivity index (χ2v) is 11.8. The molecule has 0 saturated carbocycles. The number of aliphatic carboxylic acids is 1. The predicted octanol–water partition coefficient (Wildman–Crippen LogP) is 8.36. The monoisotopic (exact) mass is 620 g/mol. The van der Waals surface area contributed by atoms with Gasteiger partial charge in [-0.1, -0.05) is 37.6 Å². The van der Waals surface area contributed by atoms with Crippen LogP contribution in [0.4, 0.5) is 19.1 Å². The zero-order valence-corrected chi connectivity index (χ0v) is 26.5. The largest absolute Gasteiger partial charge is 0.490 e. The Bertz CT molecular complexity index is 1650. The molecule has 0 saturated heterocycles. The van der Waals surface area contributed by atoms with Crippen molar-refractivity contribution in [2.45, 2.75) is 79.6 Å². The van der Waals surface area contributed by atoms with Crippen LogP contribution < -0.4 is 9.64 Å². The second-order valence-electron chi connectivity index (χ2n) is 11.8. The molecule has 2 aromatic carbocycles. The van der Waals surface area contributed by atoms with Crippen molar-refractivity contribution >= 4 is 11.9 Å². The summed E-state index contributed by atoms with van der Waals surface area (Å²) in [5.74, 6) is 0.0138. The van der Waals surface area contributed by atoms with E-state index in [2.05, 4.69) is 42.0 Å². The Morgan fingerprint density at radius 1 is 0.933 bits per heavy atom. The Hall–Kier alpha value is -4.47. The Labute approximate surface area is 262 Å². The Morgan fingerprint density at radius 3 is 2.27 bits per heavy atom. The first-order chi connectivity index (χ1) is 21.2. The van der Waals surface area contributed by atoms with Gasteiger partial charge in [0.2, 0.25) is 5.95 Å². The molecule has 0 aliphatic carbocycles. The minimum atomic E-state index is -4.48. The molecule has 0 spiro atoms. The molecular formula is C35H39F3N4O3. The van der Waals surface area contributed by atoms with Crippen molar-refractivity contribution < 1.29 is 27.8 Å². The molecular weight excluding hydrogens is 581 g/mol. The van der Waals surface area contributed by atoms with E-state index in [1.807, 2.05) is 31.7 Å². The molecule has 45 heavy (non-hydrogen) atoms. The molecule has 0 radical (unpaired) electrons. The lowest BCUT2D eigenvalue weighted by atomic mass is 9.94. The van der Waals surface area contributed by atoms with Crippen LogP contribution in [0.2, 0.25) is 0 Å². The first-order valence-electron chi connectivity index (χ1n) is 14.9. The molecule has 0 bridgehead atoms. The lowest BCUT2D eigenvalue weighted by molar-refractivity contribution is -0.138. The highest BCUT2D eigenvalue weighted by atomic mass is 19.4. The summed E-state index contributed by atoms with van der Waals surface area (Å²) in [5.41, 5.74) is 7.18. The van der Waals surface area contributed by atoms with Crippen molar-refractivity contribution in [3.63, 3.8) is 0 Å². The van der Waals surface area contributed by atoms with Gasteiger partial charge in [0, 0.05) is 30.8 Å². The number of ether oxygens (including phenoxy) is 1. The molecule has 2 heterocycles. The summed E-state index contributed by atoms with van der Waals surface area (Å²) in [5, 5.41) is 8.85. The van der Waals surface area contributed by atoms with E-state index in [1.165, 1.54) is 18.5 Å². The Morgan fingerprint density at radius 2 is 1.62 bits per heavy atom. The van der Waals surface area contributed by atoms with Crippen molar-refractivity contribution in [3.05, 3.63) is 99.5 Å².